The van der Waals surface area contributed by atoms with Crippen LogP contribution < -0.4 is 0 Å². The van der Waals surface area contributed by atoms with Crippen molar-refractivity contribution in [2.75, 3.05) is 12.9 Å². The van der Waals surface area contributed by atoms with E-state index >= 15 is 0 Å². The maximum atomic E-state index is 11.7. The van der Waals surface area contributed by atoms with Crippen molar-refractivity contribution >= 4 is 17.7 Å². The number of hydrogen-bond acceptors (Lipinski definition) is 4. The summed E-state index contributed by atoms with van der Waals surface area (Å²) in [6.45, 7) is 6.30. The average molecular weight is 260 g/mol. The van der Waals surface area contributed by atoms with Crippen molar-refractivity contribution in [3.8, 4) is 0 Å². The summed E-state index contributed by atoms with van der Waals surface area (Å²) in [6, 6.07) is 0. The molecule has 1 fully saturated rings. The Labute approximate surface area is 109 Å². The van der Waals surface area contributed by atoms with Gasteiger partial charge in [0.25, 0.3) is 0 Å². The fourth-order valence-corrected chi connectivity index (χ4v) is 2.56. The summed E-state index contributed by atoms with van der Waals surface area (Å²) >= 11 is 1.62. The number of thioether (sulfide) groups is 1. The van der Waals surface area contributed by atoms with Gasteiger partial charge in [0.1, 0.15) is 6.10 Å². The van der Waals surface area contributed by atoms with Crippen LogP contribution in [0.15, 0.2) is 0 Å². The van der Waals surface area contributed by atoms with Crippen LogP contribution in [0.25, 0.3) is 0 Å². The lowest BCUT2D eigenvalue weighted by Crippen LogP contribution is -2.36. The zero-order valence-electron chi connectivity index (χ0n) is 11.3. The van der Waals surface area contributed by atoms with E-state index in [2.05, 4.69) is 20.8 Å². The van der Waals surface area contributed by atoms with Gasteiger partial charge in [-0.2, -0.15) is 0 Å². The van der Waals surface area contributed by atoms with Crippen molar-refractivity contribution in [2.45, 2.75) is 63.4 Å². The SMILES string of the molecule is CO[C@@H]1CCCC[C@@H]1OC(=O)CSC(C)(C)C. The van der Waals surface area contributed by atoms with Crippen LogP contribution in [0.1, 0.15) is 46.5 Å². The number of hydrogen-bond donors (Lipinski definition) is 0. The van der Waals surface area contributed by atoms with E-state index in [0.717, 1.165) is 19.3 Å². The highest BCUT2D eigenvalue weighted by atomic mass is 32.2. The Morgan fingerprint density at radius 2 is 1.82 bits per heavy atom. The summed E-state index contributed by atoms with van der Waals surface area (Å²) in [6.07, 6.45) is 4.29. The maximum absolute atomic E-state index is 11.7. The average Bonchev–Trinajstić information content (AvgIpc) is 2.26. The van der Waals surface area contributed by atoms with Crippen molar-refractivity contribution in [3.63, 3.8) is 0 Å². The van der Waals surface area contributed by atoms with E-state index in [9.17, 15) is 4.79 Å². The smallest absolute Gasteiger partial charge is 0.316 e. The molecule has 1 saturated carbocycles. The Morgan fingerprint density at radius 1 is 1.24 bits per heavy atom. The van der Waals surface area contributed by atoms with Gasteiger partial charge in [0.15, 0.2) is 0 Å². The molecule has 100 valence electrons. The molecule has 0 aliphatic heterocycles. The molecule has 1 aliphatic carbocycles. The summed E-state index contributed by atoms with van der Waals surface area (Å²) < 4.78 is 11.0. The second-order valence-electron chi connectivity index (χ2n) is 5.49. The third kappa shape index (κ3) is 5.77. The topological polar surface area (TPSA) is 35.5 Å². The number of rotatable bonds is 4. The molecule has 0 radical (unpaired) electrons. The monoisotopic (exact) mass is 260 g/mol. The standard InChI is InChI=1S/C13H24O3S/c1-13(2,3)17-9-12(14)16-11-8-6-5-7-10(11)15-4/h10-11H,5-9H2,1-4H3/t10-,11+/m1/s1. The van der Waals surface area contributed by atoms with E-state index in [1.165, 1.54) is 6.42 Å². The van der Waals surface area contributed by atoms with Crippen LogP contribution in [-0.4, -0.2) is 35.8 Å². The molecular formula is C13H24O3S. The molecule has 0 aromatic rings. The first-order chi connectivity index (χ1) is 7.92. The summed E-state index contributed by atoms with van der Waals surface area (Å²) in [5.41, 5.74) is 0. The molecule has 0 spiro atoms. The molecule has 0 aromatic heterocycles. The molecule has 0 unspecified atom stereocenters. The summed E-state index contributed by atoms with van der Waals surface area (Å²) in [7, 11) is 1.70. The zero-order valence-corrected chi connectivity index (χ0v) is 12.1. The van der Waals surface area contributed by atoms with Crippen LogP contribution in [0.3, 0.4) is 0 Å². The van der Waals surface area contributed by atoms with Crippen molar-refractivity contribution < 1.29 is 14.3 Å². The molecule has 3 nitrogen and oxygen atoms in total. The molecule has 0 bridgehead atoms. The fourth-order valence-electron chi connectivity index (χ4n) is 1.95. The minimum absolute atomic E-state index is 0.0400. The Balaban J connectivity index is 2.33. The molecule has 17 heavy (non-hydrogen) atoms. The largest absolute Gasteiger partial charge is 0.459 e. The molecule has 0 heterocycles. The number of ether oxygens (including phenoxy) is 2. The molecule has 4 heteroatoms. The van der Waals surface area contributed by atoms with Crippen molar-refractivity contribution in [1.82, 2.24) is 0 Å². The first-order valence-corrected chi connectivity index (χ1v) is 7.27. The zero-order chi connectivity index (χ0) is 12.9. The summed E-state index contributed by atoms with van der Waals surface area (Å²) in [5.74, 6) is 0.315. The molecule has 0 saturated heterocycles. The van der Waals surface area contributed by atoms with Gasteiger partial charge in [-0.05, 0) is 19.3 Å². The van der Waals surface area contributed by atoms with Crippen LogP contribution >= 0.6 is 11.8 Å². The van der Waals surface area contributed by atoms with Gasteiger partial charge in [0.2, 0.25) is 0 Å². The van der Waals surface area contributed by atoms with E-state index in [0.29, 0.717) is 5.75 Å². The van der Waals surface area contributed by atoms with Crippen LogP contribution in [0.4, 0.5) is 0 Å². The van der Waals surface area contributed by atoms with Crippen LogP contribution in [0.5, 0.6) is 0 Å². The highest BCUT2D eigenvalue weighted by Crippen LogP contribution is 2.26. The maximum Gasteiger partial charge on any atom is 0.316 e. The number of carbonyl (C=O) groups is 1. The van der Waals surface area contributed by atoms with E-state index in [1.54, 1.807) is 18.9 Å². The minimum atomic E-state index is -0.112. The van der Waals surface area contributed by atoms with Gasteiger partial charge >= 0.3 is 5.97 Å². The van der Waals surface area contributed by atoms with Crippen molar-refractivity contribution in [1.29, 1.82) is 0 Å². The highest BCUT2D eigenvalue weighted by Gasteiger charge is 2.28. The van der Waals surface area contributed by atoms with Gasteiger partial charge in [-0.1, -0.05) is 27.2 Å². The highest BCUT2D eigenvalue weighted by molar-refractivity contribution is 8.01. The minimum Gasteiger partial charge on any atom is -0.459 e. The van der Waals surface area contributed by atoms with Gasteiger partial charge in [-0.25, -0.2) is 0 Å². The lowest BCUT2D eigenvalue weighted by molar-refractivity contribution is -0.155. The summed E-state index contributed by atoms with van der Waals surface area (Å²) in [4.78, 5) is 11.7. The number of methoxy groups -OCH3 is 1. The Hall–Kier alpha value is -0.220. The van der Waals surface area contributed by atoms with E-state index in [-0.39, 0.29) is 22.9 Å². The van der Waals surface area contributed by atoms with Gasteiger partial charge in [0.05, 0.1) is 11.9 Å². The lowest BCUT2D eigenvalue weighted by atomic mass is 9.94. The van der Waals surface area contributed by atoms with E-state index in [1.807, 2.05) is 0 Å². The van der Waals surface area contributed by atoms with Crippen molar-refractivity contribution in [2.24, 2.45) is 0 Å². The van der Waals surface area contributed by atoms with E-state index in [4.69, 9.17) is 9.47 Å². The lowest BCUT2D eigenvalue weighted by Gasteiger charge is -2.30. The fraction of sp³-hybridized carbons (Fsp3) is 0.923. The molecule has 1 rings (SSSR count). The molecule has 0 amide bonds. The van der Waals surface area contributed by atoms with Gasteiger partial charge in [-0.15, -0.1) is 11.8 Å². The molecule has 1 aliphatic rings. The van der Waals surface area contributed by atoms with Gasteiger partial charge in [-0.3, -0.25) is 4.79 Å². The quantitative estimate of drug-likeness (QED) is 0.728. The van der Waals surface area contributed by atoms with E-state index < -0.39 is 0 Å². The normalized spacial score (nSPS) is 25.6. The predicted octanol–water partition coefficient (Wildman–Crippen LogP) is 3.02. The third-order valence-electron chi connectivity index (χ3n) is 2.85. The third-order valence-corrected chi connectivity index (χ3v) is 4.10. The second-order valence-corrected chi connectivity index (χ2v) is 7.29. The van der Waals surface area contributed by atoms with Crippen LogP contribution in [0.2, 0.25) is 0 Å². The second kappa shape index (κ2) is 6.64. The first-order valence-electron chi connectivity index (χ1n) is 6.28. The predicted molar refractivity (Wildman–Crippen MR) is 71.4 cm³/mol. The van der Waals surface area contributed by atoms with Gasteiger partial charge < -0.3 is 9.47 Å². The Kier molecular flexibility index (Phi) is 5.80. The summed E-state index contributed by atoms with van der Waals surface area (Å²) in [5, 5.41) is 0. The first kappa shape index (κ1) is 14.8. The van der Waals surface area contributed by atoms with Crippen molar-refractivity contribution in [3.05, 3.63) is 0 Å². The number of carbonyl (C=O) groups excluding carboxylic acids is 1. The number of esters is 1. The molecule has 2 atom stereocenters. The van der Waals surface area contributed by atoms with Gasteiger partial charge in [0, 0.05) is 11.9 Å². The Bertz CT molecular complexity index is 248. The van der Waals surface area contributed by atoms with Crippen LogP contribution in [0, 0.1) is 0 Å². The molecule has 0 N–H and O–H groups in total. The molecule has 0 aromatic carbocycles. The Morgan fingerprint density at radius 3 is 2.35 bits per heavy atom. The van der Waals surface area contributed by atoms with Crippen LogP contribution in [-0.2, 0) is 14.3 Å². The molecular weight excluding hydrogens is 236 g/mol.